The Balaban J connectivity index is 1.44. The monoisotopic (exact) mass is 519 g/mol. The molecule has 2 fully saturated rings. The first kappa shape index (κ1) is 24.0. The maximum Gasteiger partial charge on any atom is 0.343 e. The minimum Gasteiger partial charge on any atom is -0.494 e. The summed E-state index contributed by atoms with van der Waals surface area (Å²) in [5.74, 6) is 0.0805. The van der Waals surface area contributed by atoms with Gasteiger partial charge >= 0.3 is 5.97 Å². The fourth-order valence-corrected chi connectivity index (χ4v) is 7.03. The third-order valence-corrected chi connectivity index (χ3v) is 8.92. The van der Waals surface area contributed by atoms with Crippen molar-refractivity contribution in [1.82, 2.24) is 9.47 Å². The van der Waals surface area contributed by atoms with E-state index in [2.05, 4.69) is 21.0 Å². The van der Waals surface area contributed by atoms with Gasteiger partial charge in [0.05, 0.1) is 30.7 Å². The third kappa shape index (κ3) is 4.09. The average molecular weight is 520 g/mol. The fourth-order valence-electron chi connectivity index (χ4n) is 5.75. The lowest BCUT2D eigenvalue weighted by atomic mass is 9.89. The molecule has 37 heavy (non-hydrogen) atoms. The second-order valence-electron chi connectivity index (χ2n) is 9.98. The van der Waals surface area contributed by atoms with Gasteiger partial charge in [-0.2, -0.15) is 0 Å². The van der Waals surface area contributed by atoms with Crippen molar-refractivity contribution in [2.75, 3.05) is 26.8 Å². The van der Waals surface area contributed by atoms with Gasteiger partial charge in [-0.15, -0.1) is 11.3 Å². The molecule has 2 aromatic heterocycles. The summed E-state index contributed by atoms with van der Waals surface area (Å²) in [6.07, 6.45) is 6.93. The first-order chi connectivity index (χ1) is 18.0. The number of likely N-dealkylation sites (tertiary alicyclic amines) is 1. The summed E-state index contributed by atoms with van der Waals surface area (Å²) in [6.45, 7) is 3.55. The van der Waals surface area contributed by atoms with Crippen molar-refractivity contribution in [3.63, 3.8) is 0 Å². The lowest BCUT2D eigenvalue weighted by molar-refractivity contribution is 0.0524. The maximum atomic E-state index is 13.3. The van der Waals surface area contributed by atoms with Crippen molar-refractivity contribution < 1.29 is 14.3 Å². The highest BCUT2D eigenvalue weighted by molar-refractivity contribution is 7.15. The van der Waals surface area contributed by atoms with Crippen LogP contribution in [0.2, 0.25) is 0 Å². The number of thiophene rings is 1. The Kier molecular flexibility index (Phi) is 6.18. The number of benzene rings is 1. The molecule has 2 aliphatic carbocycles. The van der Waals surface area contributed by atoms with E-state index in [1.165, 1.54) is 10.4 Å². The largest absolute Gasteiger partial charge is 0.494 e. The summed E-state index contributed by atoms with van der Waals surface area (Å²) in [7, 11) is 1.64. The summed E-state index contributed by atoms with van der Waals surface area (Å²) in [6, 6.07) is 6.68. The van der Waals surface area contributed by atoms with Crippen molar-refractivity contribution in [1.29, 1.82) is 0 Å². The molecule has 3 heterocycles. The van der Waals surface area contributed by atoms with Crippen molar-refractivity contribution in [2.45, 2.75) is 57.2 Å². The first-order valence-electron chi connectivity index (χ1n) is 12.9. The molecule has 6 rings (SSSR count). The normalized spacial score (nSPS) is 19.7. The number of esters is 1. The Morgan fingerprint density at radius 3 is 2.78 bits per heavy atom. The number of ether oxygens (including phenoxy) is 2. The molecule has 192 valence electrons. The topological polar surface area (TPSA) is 110 Å². The molecule has 1 saturated carbocycles. The van der Waals surface area contributed by atoms with Crippen LogP contribution in [0, 0.1) is 0 Å². The van der Waals surface area contributed by atoms with Crippen molar-refractivity contribution in [2.24, 2.45) is 5.11 Å². The molecule has 3 aromatic rings. The molecule has 1 unspecified atom stereocenters. The molecule has 0 amide bonds. The van der Waals surface area contributed by atoms with Crippen LogP contribution in [0.25, 0.3) is 31.8 Å². The van der Waals surface area contributed by atoms with Crippen LogP contribution in [0.4, 0.5) is 0 Å². The number of methoxy groups -OCH3 is 1. The summed E-state index contributed by atoms with van der Waals surface area (Å²) in [5, 5.41) is 4.34. The average Bonchev–Trinajstić information content (AvgIpc) is 3.63. The zero-order chi connectivity index (χ0) is 25.7. The van der Waals surface area contributed by atoms with Gasteiger partial charge in [0.2, 0.25) is 5.43 Å². The standard InChI is InChI=1S/C27H29N5O4S/c1-3-36-27(34)20-14-32(16-7-8-16)24-18(25(20)33)10-9-17(26(24)35-2)23-11-19-21(5-4-6-22(19)37-23)31-12-15(13-31)29-30-28/h9-11,14-16,21H,3-8,12-13H2,1-2H3. The van der Waals surface area contributed by atoms with Crippen LogP contribution in [-0.4, -0.2) is 48.3 Å². The van der Waals surface area contributed by atoms with Gasteiger partial charge in [0.25, 0.3) is 0 Å². The third-order valence-electron chi connectivity index (χ3n) is 7.68. The number of aryl methyl sites for hydroxylation is 1. The molecule has 0 N–H and O–H groups in total. The van der Waals surface area contributed by atoms with Crippen LogP contribution in [0.15, 0.2) is 34.3 Å². The van der Waals surface area contributed by atoms with Gasteiger partial charge in [0.1, 0.15) is 5.56 Å². The summed E-state index contributed by atoms with van der Waals surface area (Å²) < 4.78 is 13.2. The molecular weight excluding hydrogens is 490 g/mol. The zero-order valence-electron chi connectivity index (χ0n) is 21.0. The number of carbonyl (C=O) groups excluding carboxylic acids is 1. The molecule has 1 aromatic carbocycles. The van der Waals surface area contributed by atoms with Crippen LogP contribution in [-0.2, 0) is 11.2 Å². The Morgan fingerprint density at radius 2 is 2.08 bits per heavy atom. The summed E-state index contributed by atoms with van der Waals surface area (Å²) in [5.41, 5.74) is 11.5. The predicted octanol–water partition coefficient (Wildman–Crippen LogP) is 5.62. The number of rotatable bonds is 7. The Labute approximate surface area is 218 Å². The van der Waals surface area contributed by atoms with E-state index in [0.717, 1.165) is 61.2 Å². The Hall–Kier alpha value is -3.33. The Morgan fingerprint density at radius 1 is 1.27 bits per heavy atom. The first-order valence-corrected chi connectivity index (χ1v) is 13.7. The van der Waals surface area contributed by atoms with Crippen LogP contribution < -0.4 is 10.2 Å². The van der Waals surface area contributed by atoms with E-state index < -0.39 is 5.97 Å². The molecule has 1 aliphatic heterocycles. The van der Waals surface area contributed by atoms with Gasteiger partial charge in [-0.3, -0.25) is 9.69 Å². The van der Waals surface area contributed by atoms with E-state index in [9.17, 15) is 9.59 Å². The number of pyridine rings is 1. The molecule has 3 aliphatic rings. The smallest absolute Gasteiger partial charge is 0.343 e. The molecule has 0 radical (unpaired) electrons. The van der Waals surface area contributed by atoms with E-state index in [-0.39, 0.29) is 29.7 Å². The molecule has 1 atom stereocenters. The second-order valence-corrected chi connectivity index (χ2v) is 11.1. The maximum absolute atomic E-state index is 13.3. The van der Waals surface area contributed by atoms with Crippen molar-refractivity contribution >= 4 is 28.2 Å². The van der Waals surface area contributed by atoms with Gasteiger partial charge < -0.3 is 14.0 Å². The van der Waals surface area contributed by atoms with Crippen LogP contribution in [0.3, 0.4) is 0 Å². The zero-order valence-corrected chi connectivity index (χ0v) is 21.8. The van der Waals surface area contributed by atoms with E-state index in [0.29, 0.717) is 17.2 Å². The Bertz CT molecular complexity index is 1490. The number of hydrogen-bond donors (Lipinski definition) is 0. The lowest BCUT2D eigenvalue weighted by Crippen LogP contribution is -2.51. The second kappa shape index (κ2) is 9.52. The number of azide groups is 1. The molecule has 10 heteroatoms. The van der Waals surface area contributed by atoms with E-state index in [4.69, 9.17) is 15.0 Å². The van der Waals surface area contributed by atoms with Crippen LogP contribution in [0.1, 0.15) is 65.5 Å². The SMILES string of the molecule is CCOC(=O)c1cn(C2CC2)c2c(OC)c(-c3cc4c(s3)CCCC4N3CC(N=[N+]=[N-])C3)ccc2c1=O. The predicted molar refractivity (Wildman–Crippen MR) is 142 cm³/mol. The van der Waals surface area contributed by atoms with Gasteiger partial charge in [-0.05, 0) is 68.3 Å². The number of nitrogens with zero attached hydrogens (tertiary/aromatic N) is 5. The van der Waals surface area contributed by atoms with E-state index in [1.54, 1.807) is 31.6 Å². The van der Waals surface area contributed by atoms with Gasteiger partial charge in [0, 0.05) is 51.6 Å². The summed E-state index contributed by atoms with van der Waals surface area (Å²) in [4.78, 5) is 33.8. The number of aromatic nitrogens is 1. The molecular formula is C27H29N5O4S. The highest BCUT2D eigenvalue weighted by Gasteiger charge is 2.36. The van der Waals surface area contributed by atoms with Crippen molar-refractivity contribution in [3.05, 3.63) is 61.1 Å². The molecule has 1 saturated heterocycles. The van der Waals surface area contributed by atoms with Crippen LogP contribution in [0.5, 0.6) is 5.75 Å². The van der Waals surface area contributed by atoms with E-state index >= 15 is 0 Å². The van der Waals surface area contributed by atoms with Crippen LogP contribution >= 0.6 is 11.3 Å². The lowest BCUT2D eigenvalue weighted by Gasteiger charge is -2.44. The quantitative estimate of drug-likeness (QED) is 0.174. The number of hydrogen-bond acceptors (Lipinski definition) is 7. The highest BCUT2D eigenvalue weighted by atomic mass is 32.1. The fraction of sp³-hybridized carbons (Fsp3) is 0.481. The molecule has 9 nitrogen and oxygen atoms in total. The molecule has 0 bridgehead atoms. The number of carbonyl (C=O) groups is 1. The minimum absolute atomic E-state index is 0.0627. The van der Waals surface area contributed by atoms with Gasteiger partial charge in [-0.1, -0.05) is 5.11 Å². The van der Waals surface area contributed by atoms with Gasteiger partial charge in [-0.25, -0.2) is 4.79 Å². The molecule has 0 spiro atoms. The highest BCUT2D eigenvalue weighted by Crippen LogP contribution is 2.48. The summed E-state index contributed by atoms with van der Waals surface area (Å²) >= 11 is 1.79. The number of fused-ring (bicyclic) bond motifs is 2. The van der Waals surface area contributed by atoms with Gasteiger partial charge in [0.15, 0.2) is 5.75 Å². The minimum atomic E-state index is -0.586. The van der Waals surface area contributed by atoms with Crippen molar-refractivity contribution in [3.8, 4) is 16.2 Å². The van der Waals surface area contributed by atoms with E-state index in [1.807, 2.05) is 16.7 Å².